The van der Waals surface area contributed by atoms with Crippen LogP contribution in [0.4, 0.5) is 5.69 Å². The number of halogens is 1. The quantitative estimate of drug-likeness (QED) is 0.620. The van der Waals surface area contributed by atoms with E-state index in [0.29, 0.717) is 30.4 Å². The lowest BCUT2D eigenvalue weighted by atomic mass is 9.77. The molecule has 1 atom stereocenters. The van der Waals surface area contributed by atoms with Gasteiger partial charge in [-0.25, -0.2) is 0 Å². The number of carbonyl (C=O) groups excluding carboxylic acids is 2. The zero-order chi connectivity index (χ0) is 18.4. The van der Waals surface area contributed by atoms with Crippen LogP contribution in [-0.2, 0) is 16.0 Å². The average molecular weight is 433 g/mol. The van der Waals surface area contributed by atoms with Crippen LogP contribution >= 0.6 is 27.7 Å². The lowest BCUT2D eigenvalue weighted by Gasteiger charge is -2.30. The second-order valence-electron chi connectivity index (χ2n) is 6.26. The number of carbonyl (C=O) groups is 2. The van der Waals surface area contributed by atoms with Crippen LogP contribution in [0.15, 0.2) is 53.0 Å². The van der Waals surface area contributed by atoms with Gasteiger partial charge < -0.3 is 10.6 Å². The number of thioether (sulfide) groups is 1. The van der Waals surface area contributed by atoms with Crippen LogP contribution < -0.4 is 10.6 Å². The first-order valence-electron chi connectivity index (χ1n) is 8.59. The molecule has 0 aromatic heterocycles. The van der Waals surface area contributed by atoms with Gasteiger partial charge in [-0.1, -0.05) is 40.2 Å². The molecule has 4 nitrogen and oxygen atoms in total. The van der Waals surface area contributed by atoms with Gasteiger partial charge in [0.15, 0.2) is 0 Å². The van der Waals surface area contributed by atoms with Crippen LogP contribution in [0.25, 0.3) is 0 Å². The maximum Gasteiger partial charge on any atom is 0.234 e. The van der Waals surface area contributed by atoms with E-state index in [-0.39, 0.29) is 11.8 Å². The summed E-state index contributed by atoms with van der Waals surface area (Å²) in [4.78, 5) is 23.8. The van der Waals surface area contributed by atoms with Gasteiger partial charge in [-0.2, -0.15) is 11.8 Å². The van der Waals surface area contributed by atoms with E-state index in [9.17, 15) is 9.59 Å². The molecule has 0 fully saturated rings. The van der Waals surface area contributed by atoms with Crippen molar-refractivity contribution in [2.45, 2.75) is 18.8 Å². The number of hydrogen-bond donors (Lipinski definition) is 2. The minimum absolute atomic E-state index is 0.0511. The zero-order valence-corrected chi connectivity index (χ0v) is 16.7. The summed E-state index contributed by atoms with van der Waals surface area (Å²) < 4.78 is 0.973. The first-order valence-corrected chi connectivity index (χ1v) is 10.5. The Morgan fingerprint density at radius 1 is 1.08 bits per heavy atom. The molecule has 1 unspecified atom stereocenters. The van der Waals surface area contributed by atoms with Gasteiger partial charge in [-0.05, 0) is 41.8 Å². The Labute approximate surface area is 166 Å². The Bertz CT molecular complexity index is 780. The van der Waals surface area contributed by atoms with E-state index in [1.807, 2.05) is 30.3 Å². The predicted molar refractivity (Wildman–Crippen MR) is 111 cm³/mol. The Morgan fingerprint density at radius 2 is 1.85 bits per heavy atom. The summed E-state index contributed by atoms with van der Waals surface area (Å²) in [6.07, 6.45) is 1.48. The van der Waals surface area contributed by atoms with E-state index in [4.69, 9.17) is 0 Å². The molecular weight excluding hydrogens is 412 g/mol. The molecule has 0 heterocycles. The SMILES string of the molecule is O=C(CCSCC(=O)Nc1ccc(Br)cc1)NCC1Cc2ccccc21. The van der Waals surface area contributed by atoms with E-state index >= 15 is 0 Å². The van der Waals surface area contributed by atoms with Gasteiger partial charge in [-0.3, -0.25) is 9.59 Å². The molecule has 26 heavy (non-hydrogen) atoms. The highest BCUT2D eigenvalue weighted by Crippen LogP contribution is 2.33. The Hall–Kier alpha value is -1.79. The third-order valence-corrected chi connectivity index (χ3v) is 5.83. The van der Waals surface area contributed by atoms with Crippen LogP contribution in [0.5, 0.6) is 0 Å². The van der Waals surface area contributed by atoms with Gasteiger partial charge in [0, 0.05) is 34.8 Å². The highest BCUT2D eigenvalue weighted by atomic mass is 79.9. The van der Waals surface area contributed by atoms with Gasteiger partial charge in [-0.15, -0.1) is 0 Å². The predicted octanol–water partition coefficient (Wildman–Crippen LogP) is 3.97. The summed E-state index contributed by atoms with van der Waals surface area (Å²) in [5.41, 5.74) is 3.52. The summed E-state index contributed by atoms with van der Waals surface area (Å²) in [7, 11) is 0. The highest BCUT2D eigenvalue weighted by molar-refractivity contribution is 9.10. The van der Waals surface area contributed by atoms with Crippen molar-refractivity contribution in [1.29, 1.82) is 0 Å². The van der Waals surface area contributed by atoms with Gasteiger partial charge in [0.25, 0.3) is 0 Å². The van der Waals surface area contributed by atoms with Gasteiger partial charge >= 0.3 is 0 Å². The summed E-state index contributed by atoms with van der Waals surface area (Å²) in [6, 6.07) is 15.8. The molecule has 2 aromatic carbocycles. The number of rotatable bonds is 8. The molecule has 0 spiro atoms. The number of nitrogens with one attached hydrogen (secondary N) is 2. The third kappa shape index (κ3) is 5.35. The van der Waals surface area contributed by atoms with E-state index in [0.717, 1.165) is 16.6 Å². The minimum atomic E-state index is -0.0520. The summed E-state index contributed by atoms with van der Waals surface area (Å²) in [5, 5.41) is 5.84. The van der Waals surface area contributed by atoms with E-state index in [1.54, 1.807) is 0 Å². The van der Waals surface area contributed by atoms with E-state index in [1.165, 1.54) is 22.9 Å². The fourth-order valence-corrected chi connectivity index (χ4v) is 3.93. The first-order chi connectivity index (χ1) is 12.6. The molecular formula is C20H21BrN2O2S. The molecule has 3 rings (SSSR count). The number of hydrogen-bond acceptors (Lipinski definition) is 3. The number of benzene rings is 2. The molecule has 0 aliphatic heterocycles. The molecule has 2 aromatic rings. The van der Waals surface area contributed by atoms with E-state index < -0.39 is 0 Å². The molecule has 1 aliphatic rings. The third-order valence-electron chi connectivity index (χ3n) is 4.34. The lowest BCUT2D eigenvalue weighted by molar-refractivity contribution is -0.120. The summed E-state index contributed by atoms with van der Waals surface area (Å²) in [6.45, 7) is 0.699. The van der Waals surface area contributed by atoms with Crippen molar-refractivity contribution in [1.82, 2.24) is 5.32 Å². The molecule has 1 aliphatic carbocycles. The number of anilines is 1. The average Bonchev–Trinajstić information content (AvgIpc) is 2.61. The molecule has 0 radical (unpaired) electrons. The van der Waals surface area contributed by atoms with Crippen LogP contribution in [0.3, 0.4) is 0 Å². The molecule has 2 amide bonds. The standard InChI is InChI=1S/C20H21BrN2O2S/c21-16-5-7-17(8-6-16)23-20(25)13-26-10-9-19(24)22-12-15-11-14-3-1-2-4-18(14)15/h1-8,15H,9-13H2,(H,22,24)(H,23,25). The number of fused-ring (bicyclic) bond motifs is 1. The largest absolute Gasteiger partial charge is 0.355 e. The Kier molecular flexibility index (Phi) is 6.74. The molecule has 0 bridgehead atoms. The Morgan fingerprint density at radius 3 is 2.62 bits per heavy atom. The van der Waals surface area contributed by atoms with Crippen molar-refractivity contribution < 1.29 is 9.59 Å². The molecule has 2 N–H and O–H groups in total. The summed E-state index contributed by atoms with van der Waals surface area (Å²) in [5.74, 6) is 1.43. The second-order valence-corrected chi connectivity index (χ2v) is 8.28. The summed E-state index contributed by atoms with van der Waals surface area (Å²) >= 11 is 4.83. The zero-order valence-electron chi connectivity index (χ0n) is 14.3. The van der Waals surface area contributed by atoms with Crippen molar-refractivity contribution in [3.63, 3.8) is 0 Å². The molecule has 6 heteroatoms. The van der Waals surface area contributed by atoms with Crippen molar-refractivity contribution >= 4 is 45.2 Å². The van der Waals surface area contributed by atoms with Crippen molar-refractivity contribution in [2.24, 2.45) is 0 Å². The van der Waals surface area contributed by atoms with E-state index in [2.05, 4.69) is 44.8 Å². The maximum absolute atomic E-state index is 11.9. The van der Waals surface area contributed by atoms with Gasteiger partial charge in [0.05, 0.1) is 5.75 Å². The lowest BCUT2D eigenvalue weighted by Crippen LogP contribution is -2.33. The van der Waals surface area contributed by atoms with Crippen molar-refractivity contribution in [2.75, 3.05) is 23.4 Å². The minimum Gasteiger partial charge on any atom is -0.355 e. The maximum atomic E-state index is 11.9. The van der Waals surface area contributed by atoms with Crippen molar-refractivity contribution in [3.8, 4) is 0 Å². The van der Waals surface area contributed by atoms with Crippen LogP contribution in [-0.4, -0.2) is 29.9 Å². The molecule has 0 saturated heterocycles. The van der Waals surface area contributed by atoms with Gasteiger partial charge in [0.2, 0.25) is 11.8 Å². The smallest absolute Gasteiger partial charge is 0.234 e. The second kappa shape index (κ2) is 9.24. The Balaban J connectivity index is 1.27. The topological polar surface area (TPSA) is 58.2 Å². The number of amides is 2. The first kappa shape index (κ1) is 19.0. The molecule has 0 saturated carbocycles. The fraction of sp³-hybridized carbons (Fsp3) is 0.300. The normalized spacial score (nSPS) is 14.9. The van der Waals surface area contributed by atoms with Crippen molar-refractivity contribution in [3.05, 3.63) is 64.1 Å². The highest BCUT2D eigenvalue weighted by Gasteiger charge is 2.25. The van der Waals surface area contributed by atoms with Crippen LogP contribution in [0.2, 0.25) is 0 Å². The van der Waals surface area contributed by atoms with Crippen LogP contribution in [0.1, 0.15) is 23.5 Å². The van der Waals surface area contributed by atoms with Crippen LogP contribution in [0, 0.1) is 0 Å². The molecule has 136 valence electrons. The fourth-order valence-electron chi connectivity index (χ4n) is 2.93. The van der Waals surface area contributed by atoms with Gasteiger partial charge in [0.1, 0.15) is 0 Å². The monoisotopic (exact) mass is 432 g/mol.